The van der Waals surface area contributed by atoms with Crippen molar-refractivity contribution in [2.45, 2.75) is 69.4 Å². The van der Waals surface area contributed by atoms with Crippen LogP contribution in [0.1, 0.15) is 51.4 Å². The number of rotatable bonds is 3. The zero-order valence-corrected chi connectivity index (χ0v) is 10.3. The average Bonchev–Trinajstić information content (AvgIpc) is 2.27. The van der Waals surface area contributed by atoms with Gasteiger partial charge in [-0.05, 0) is 44.4 Å². The fourth-order valence-electron chi connectivity index (χ4n) is 2.95. The molecule has 2 aliphatic carbocycles. The molecule has 2 nitrogen and oxygen atoms in total. The lowest BCUT2D eigenvalue weighted by atomic mass is 9.87. The van der Waals surface area contributed by atoms with Crippen molar-refractivity contribution in [1.82, 2.24) is 0 Å². The highest BCUT2D eigenvalue weighted by Gasteiger charge is 2.36. The van der Waals surface area contributed by atoms with E-state index in [-0.39, 0.29) is 24.9 Å². The Labute approximate surface area is 102 Å². The minimum absolute atomic E-state index is 0.0131. The van der Waals surface area contributed by atoms with Crippen LogP contribution in [0, 0.1) is 5.92 Å². The van der Waals surface area contributed by atoms with Crippen LogP contribution in [0.2, 0.25) is 0 Å². The van der Waals surface area contributed by atoms with Gasteiger partial charge in [0.1, 0.15) is 0 Å². The molecular formula is C13H23F2NO. The number of halogens is 2. The molecule has 2 N–H and O–H groups in total. The van der Waals surface area contributed by atoms with Crippen molar-refractivity contribution in [2.24, 2.45) is 11.7 Å². The lowest BCUT2D eigenvalue weighted by Gasteiger charge is -2.31. The van der Waals surface area contributed by atoms with Gasteiger partial charge in [-0.2, -0.15) is 0 Å². The van der Waals surface area contributed by atoms with E-state index in [0.717, 1.165) is 32.1 Å². The van der Waals surface area contributed by atoms with Gasteiger partial charge in [-0.3, -0.25) is 0 Å². The molecule has 0 aromatic carbocycles. The van der Waals surface area contributed by atoms with Crippen LogP contribution in [0.3, 0.4) is 0 Å². The largest absolute Gasteiger partial charge is 0.378 e. The molecule has 4 heteroatoms. The Hall–Kier alpha value is -0.220. The van der Waals surface area contributed by atoms with E-state index in [4.69, 9.17) is 10.5 Å². The average molecular weight is 247 g/mol. The molecule has 2 fully saturated rings. The molecule has 2 rings (SSSR count). The maximum atomic E-state index is 13.2. The highest BCUT2D eigenvalue weighted by atomic mass is 19.3. The third-order valence-electron chi connectivity index (χ3n) is 4.03. The first-order valence-electron chi connectivity index (χ1n) is 6.80. The van der Waals surface area contributed by atoms with E-state index in [1.165, 1.54) is 0 Å². The predicted octanol–water partition coefficient (Wildman–Crippen LogP) is 3.10. The van der Waals surface area contributed by atoms with Crippen LogP contribution < -0.4 is 5.73 Å². The molecule has 0 amide bonds. The summed E-state index contributed by atoms with van der Waals surface area (Å²) in [4.78, 5) is 0. The van der Waals surface area contributed by atoms with Crippen LogP contribution in [-0.4, -0.2) is 24.7 Å². The number of hydrogen-bond acceptors (Lipinski definition) is 2. The van der Waals surface area contributed by atoms with Gasteiger partial charge in [0.25, 0.3) is 0 Å². The molecule has 0 bridgehead atoms. The summed E-state index contributed by atoms with van der Waals surface area (Å²) in [6.07, 6.45) is 5.84. The smallest absolute Gasteiger partial charge is 0.248 e. The summed E-state index contributed by atoms with van der Waals surface area (Å²) in [5.41, 5.74) is 5.82. The van der Waals surface area contributed by atoms with E-state index in [1.54, 1.807) is 0 Å². The maximum absolute atomic E-state index is 13.2. The van der Waals surface area contributed by atoms with Crippen LogP contribution in [0.15, 0.2) is 0 Å². The van der Waals surface area contributed by atoms with Gasteiger partial charge in [-0.1, -0.05) is 0 Å². The molecule has 1 unspecified atom stereocenters. The second-order valence-electron chi connectivity index (χ2n) is 5.69. The lowest BCUT2D eigenvalue weighted by molar-refractivity contribution is -0.0781. The second kappa shape index (κ2) is 5.61. The Kier molecular flexibility index (Phi) is 4.36. The van der Waals surface area contributed by atoms with Gasteiger partial charge in [0, 0.05) is 25.5 Å². The molecule has 2 saturated carbocycles. The first kappa shape index (κ1) is 13.2. The van der Waals surface area contributed by atoms with E-state index < -0.39 is 5.92 Å². The SMILES string of the molecule is NC1CCC(OCC2CCCC(F)(F)C2)CC1. The van der Waals surface area contributed by atoms with Crippen LogP contribution in [0.4, 0.5) is 8.78 Å². The first-order valence-corrected chi connectivity index (χ1v) is 6.80. The van der Waals surface area contributed by atoms with Crippen molar-refractivity contribution in [3.8, 4) is 0 Å². The van der Waals surface area contributed by atoms with Crippen molar-refractivity contribution >= 4 is 0 Å². The molecular weight excluding hydrogens is 224 g/mol. The molecule has 100 valence electrons. The summed E-state index contributed by atoms with van der Waals surface area (Å²) in [5, 5.41) is 0. The normalized spacial score (nSPS) is 37.9. The topological polar surface area (TPSA) is 35.2 Å². The van der Waals surface area contributed by atoms with E-state index in [1.807, 2.05) is 0 Å². The Bertz CT molecular complexity index is 240. The fourth-order valence-corrected chi connectivity index (χ4v) is 2.95. The Morgan fingerprint density at radius 1 is 1.12 bits per heavy atom. The van der Waals surface area contributed by atoms with E-state index in [2.05, 4.69) is 0 Å². The molecule has 17 heavy (non-hydrogen) atoms. The summed E-state index contributed by atoms with van der Waals surface area (Å²) in [6, 6.07) is 0.314. The summed E-state index contributed by atoms with van der Waals surface area (Å²) in [6.45, 7) is 0.509. The third kappa shape index (κ3) is 4.18. The van der Waals surface area contributed by atoms with Crippen molar-refractivity contribution in [2.75, 3.05) is 6.61 Å². The van der Waals surface area contributed by atoms with Gasteiger partial charge in [0.15, 0.2) is 0 Å². The highest BCUT2D eigenvalue weighted by molar-refractivity contribution is 4.79. The van der Waals surface area contributed by atoms with E-state index in [0.29, 0.717) is 19.1 Å². The van der Waals surface area contributed by atoms with Gasteiger partial charge in [0.05, 0.1) is 6.10 Å². The highest BCUT2D eigenvalue weighted by Crippen LogP contribution is 2.37. The minimum atomic E-state index is -2.46. The zero-order valence-electron chi connectivity index (χ0n) is 10.3. The van der Waals surface area contributed by atoms with E-state index >= 15 is 0 Å². The Morgan fingerprint density at radius 2 is 1.82 bits per heavy atom. The van der Waals surface area contributed by atoms with E-state index in [9.17, 15) is 8.78 Å². The summed E-state index contributed by atoms with van der Waals surface area (Å²) >= 11 is 0. The summed E-state index contributed by atoms with van der Waals surface area (Å²) in [7, 11) is 0. The Morgan fingerprint density at radius 3 is 2.47 bits per heavy atom. The van der Waals surface area contributed by atoms with Gasteiger partial charge in [-0.15, -0.1) is 0 Å². The minimum Gasteiger partial charge on any atom is -0.378 e. The second-order valence-corrected chi connectivity index (χ2v) is 5.69. The fraction of sp³-hybridized carbons (Fsp3) is 1.00. The van der Waals surface area contributed by atoms with Gasteiger partial charge < -0.3 is 10.5 Å². The number of alkyl halides is 2. The molecule has 0 spiro atoms. The number of hydrogen-bond donors (Lipinski definition) is 1. The molecule has 0 aliphatic heterocycles. The van der Waals surface area contributed by atoms with Crippen molar-refractivity contribution in [1.29, 1.82) is 0 Å². The predicted molar refractivity (Wildman–Crippen MR) is 63.1 cm³/mol. The van der Waals surface area contributed by atoms with Gasteiger partial charge in [-0.25, -0.2) is 8.78 Å². The van der Waals surface area contributed by atoms with Crippen LogP contribution in [-0.2, 0) is 4.74 Å². The van der Waals surface area contributed by atoms with Crippen LogP contribution >= 0.6 is 0 Å². The zero-order chi connectivity index (χ0) is 12.3. The maximum Gasteiger partial charge on any atom is 0.248 e. The monoisotopic (exact) mass is 247 g/mol. The number of nitrogens with two attached hydrogens (primary N) is 1. The molecule has 0 heterocycles. The first-order chi connectivity index (χ1) is 8.05. The van der Waals surface area contributed by atoms with Gasteiger partial charge in [0.2, 0.25) is 5.92 Å². The lowest BCUT2D eigenvalue weighted by Crippen LogP contribution is -2.33. The van der Waals surface area contributed by atoms with Crippen LogP contribution in [0.5, 0.6) is 0 Å². The van der Waals surface area contributed by atoms with Crippen LogP contribution in [0.25, 0.3) is 0 Å². The third-order valence-corrected chi connectivity index (χ3v) is 4.03. The molecule has 0 radical (unpaired) electrons. The molecule has 2 aliphatic rings. The molecule has 0 aromatic rings. The van der Waals surface area contributed by atoms with Crippen molar-refractivity contribution < 1.29 is 13.5 Å². The summed E-state index contributed by atoms with van der Waals surface area (Å²) in [5.74, 6) is -2.41. The standard InChI is InChI=1S/C13H23F2NO/c14-13(15)7-1-2-10(8-13)9-17-12-5-3-11(16)4-6-12/h10-12H,1-9,16H2. The summed E-state index contributed by atoms with van der Waals surface area (Å²) < 4.78 is 32.2. The quantitative estimate of drug-likeness (QED) is 0.831. The molecule has 1 atom stereocenters. The number of ether oxygens (including phenoxy) is 1. The Balaban J connectivity index is 1.68. The van der Waals surface area contributed by atoms with Crippen molar-refractivity contribution in [3.05, 3.63) is 0 Å². The molecule has 0 saturated heterocycles. The molecule has 0 aromatic heterocycles. The van der Waals surface area contributed by atoms with Crippen molar-refractivity contribution in [3.63, 3.8) is 0 Å². The van der Waals surface area contributed by atoms with Gasteiger partial charge >= 0.3 is 0 Å².